The summed E-state index contributed by atoms with van der Waals surface area (Å²) in [5.74, 6) is -0.973. The second-order valence-corrected chi connectivity index (χ2v) is 2.45. The summed E-state index contributed by atoms with van der Waals surface area (Å²) in [5, 5.41) is 2.27. The molecule has 68 valence electrons. The van der Waals surface area contributed by atoms with Gasteiger partial charge >= 0.3 is 0 Å². The molecule has 0 spiro atoms. The number of hydrogen-bond acceptors (Lipinski definition) is 3. The minimum atomic E-state index is -0.592. The summed E-state index contributed by atoms with van der Waals surface area (Å²) in [7, 11) is 0. The number of ketones is 1. The van der Waals surface area contributed by atoms with Crippen LogP contribution in [0.15, 0.2) is 0 Å². The number of Topliss-reactive ketones (excluding diaryl/α,β-unsaturated/α-hetero) is 1. The number of nitrogens with one attached hydrogen (secondary N) is 1. The molecule has 0 aliphatic carbocycles. The van der Waals surface area contributed by atoms with E-state index >= 15 is 0 Å². The number of carbonyl (C=O) groups excluding carboxylic acids is 3. The molecule has 0 aliphatic rings. The van der Waals surface area contributed by atoms with Crippen molar-refractivity contribution in [2.24, 2.45) is 5.73 Å². The van der Waals surface area contributed by atoms with Gasteiger partial charge in [0.15, 0.2) is 0 Å². The fourth-order valence-corrected chi connectivity index (χ4v) is 0.564. The van der Waals surface area contributed by atoms with E-state index in [0.717, 1.165) is 0 Å². The van der Waals surface area contributed by atoms with Gasteiger partial charge in [0.2, 0.25) is 11.8 Å². The fraction of sp³-hybridized carbons (Fsp3) is 0.571. The predicted octanol–water partition coefficient (Wildman–Crippen LogP) is -1.04. The van der Waals surface area contributed by atoms with Crippen molar-refractivity contribution in [2.75, 3.05) is 6.54 Å². The molecule has 0 aromatic rings. The number of primary amides is 1. The molecular formula is C7H12N2O3. The Morgan fingerprint density at radius 2 is 1.83 bits per heavy atom. The minimum absolute atomic E-state index is 0.0516. The Bertz CT molecular complexity index is 181. The van der Waals surface area contributed by atoms with Crippen LogP contribution in [0.2, 0.25) is 0 Å². The summed E-state index contributed by atoms with van der Waals surface area (Å²) in [6, 6.07) is 0. The van der Waals surface area contributed by atoms with Gasteiger partial charge in [0, 0.05) is 12.8 Å². The Balaban J connectivity index is 3.47. The molecule has 3 N–H and O–H groups in total. The molecule has 0 fully saturated rings. The Labute approximate surface area is 70.3 Å². The van der Waals surface area contributed by atoms with E-state index in [-0.39, 0.29) is 31.1 Å². The Hall–Kier alpha value is -1.39. The van der Waals surface area contributed by atoms with Gasteiger partial charge in [-0.05, 0) is 6.92 Å². The van der Waals surface area contributed by atoms with E-state index in [4.69, 9.17) is 5.73 Å². The van der Waals surface area contributed by atoms with Gasteiger partial charge in [0.1, 0.15) is 5.78 Å². The molecule has 0 unspecified atom stereocenters. The maximum absolute atomic E-state index is 10.8. The Morgan fingerprint density at radius 1 is 1.25 bits per heavy atom. The fourth-order valence-electron chi connectivity index (χ4n) is 0.564. The topological polar surface area (TPSA) is 89.3 Å². The first-order valence-corrected chi connectivity index (χ1v) is 3.57. The standard InChI is InChI=1S/C7H12N2O3/c1-5(10)2-3-7(12)9-4-6(8)11/h2-4H2,1H3,(H2,8,11)(H,9,12). The SMILES string of the molecule is CC(=O)CCC(=O)NCC(N)=O. The lowest BCUT2D eigenvalue weighted by Crippen LogP contribution is -2.33. The van der Waals surface area contributed by atoms with E-state index < -0.39 is 5.91 Å². The molecule has 0 rings (SSSR count). The molecule has 0 bridgehead atoms. The van der Waals surface area contributed by atoms with Gasteiger partial charge in [0.05, 0.1) is 6.54 Å². The van der Waals surface area contributed by atoms with Crippen molar-refractivity contribution in [3.05, 3.63) is 0 Å². The van der Waals surface area contributed by atoms with Crippen LogP contribution in [0.3, 0.4) is 0 Å². The number of nitrogens with two attached hydrogens (primary N) is 1. The molecule has 5 nitrogen and oxygen atoms in total. The van der Waals surface area contributed by atoms with E-state index in [0.29, 0.717) is 0 Å². The average Bonchev–Trinajstić information content (AvgIpc) is 1.96. The highest BCUT2D eigenvalue weighted by Gasteiger charge is 2.03. The predicted molar refractivity (Wildman–Crippen MR) is 42.1 cm³/mol. The molecule has 5 heteroatoms. The molecule has 2 amide bonds. The van der Waals surface area contributed by atoms with Crippen LogP contribution in [-0.2, 0) is 14.4 Å². The third kappa shape index (κ3) is 6.73. The van der Waals surface area contributed by atoms with E-state index in [1.807, 2.05) is 0 Å². The summed E-state index contributed by atoms with van der Waals surface area (Å²) in [6.07, 6.45) is 0.313. The van der Waals surface area contributed by atoms with Crippen LogP contribution < -0.4 is 11.1 Å². The zero-order chi connectivity index (χ0) is 9.56. The molecule has 0 heterocycles. The number of amides is 2. The van der Waals surface area contributed by atoms with E-state index in [2.05, 4.69) is 5.32 Å². The monoisotopic (exact) mass is 172 g/mol. The van der Waals surface area contributed by atoms with Gasteiger partial charge < -0.3 is 15.8 Å². The molecule has 12 heavy (non-hydrogen) atoms. The molecule has 0 aliphatic heterocycles. The van der Waals surface area contributed by atoms with Crippen molar-refractivity contribution < 1.29 is 14.4 Å². The lowest BCUT2D eigenvalue weighted by molar-refractivity contribution is -0.126. The van der Waals surface area contributed by atoms with Crippen molar-refractivity contribution in [3.63, 3.8) is 0 Å². The first kappa shape index (κ1) is 10.6. The highest BCUT2D eigenvalue weighted by molar-refractivity contribution is 5.86. The van der Waals surface area contributed by atoms with Gasteiger partial charge in [-0.25, -0.2) is 0 Å². The van der Waals surface area contributed by atoms with Gasteiger partial charge in [0.25, 0.3) is 0 Å². The van der Waals surface area contributed by atoms with Crippen LogP contribution in [0.25, 0.3) is 0 Å². The third-order valence-corrected chi connectivity index (χ3v) is 1.16. The van der Waals surface area contributed by atoms with Crippen molar-refractivity contribution in [2.45, 2.75) is 19.8 Å². The quantitative estimate of drug-likeness (QED) is 0.555. The average molecular weight is 172 g/mol. The minimum Gasteiger partial charge on any atom is -0.368 e. The van der Waals surface area contributed by atoms with E-state index in [9.17, 15) is 14.4 Å². The van der Waals surface area contributed by atoms with Gasteiger partial charge in [-0.3, -0.25) is 9.59 Å². The van der Waals surface area contributed by atoms with Crippen molar-refractivity contribution in [3.8, 4) is 0 Å². The molecule has 0 radical (unpaired) electrons. The molecule has 0 saturated carbocycles. The van der Waals surface area contributed by atoms with Crippen LogP contribution in [0.4, 0.5) is 0 Å². The summed E-state index contributed by atoms with van der Waals surface area (Å²) in [4.78, 5) is 31.4. The first-order valence-electron chi connectivity index (χ1n) is 3.57. The van der Waals surface area contributed by atoms with Crippen LogP contribution in [0, 0.1) is 0 Å². The maximum atomic E-state index is 10.8. The van der Waals surface area contributed by atoms with E-state index in [1.54, 1.807) is 0 Å². The van der Waals surface area contributed by atoms with Gasteiger partial charge in [-0.15, -0.1) is 0 Å². The summed E-state index contributed by atoms with van der Waals surface area (Å²) in [6.45, 7) is 1.23. The summed E-state index contributed by atoms with van der Waals surface area (Å²) in [5.41, 5.74) is 4.78. The second kappa shape index (κ2) is 5.29. The lowest BCUT2D eigenvalue weighted by atomic mass is 10.2. The van der Waals surface area contributed by atoms with Crippen LogP contribution in [0.5, 0.6) is 0 Å². The lowest BCUT2D eigenvalue weighted by Gasteiger charge is -1.99. The Morgan fingerprint density at radius 3 is 2.25 bits per heavy atom. The molecule has 0 saturated heterocycles. The van der Waals surface area contributed by atoms with Crippen LogP contribution in [-0.4, -0.2) is 24.1 Å². The molecule has 0 aromatic carbocycles. The van der Waals surface area contributed by atoms with Crippen LogP contribution >= 0.6 is 0 Å². The number of rotatable bonds is 5. The number of hydrogen-bond donors (Lipinski definition) is 2. The van der Waals surface area contributed by atoms with Gasteiger partial charge in [-0.2, -0.15) is 0 Å². The van der Waals surface area contributed by atoms with Crippen molar-refractivity contribution >= 4 is 17.6 Å². The highest BCUT2D eigenvalue weighted by Crippen LogP contribution is 1.88. The zero-order valence-electron chi connectivity index (χ0n) is 6.92. The van der Waals surface area contributed by atoms with Crippen molar-refractivity contribution in [1.29, 1.82) is 0 Å². The largest absolute Gasteiger partial charge is 0.368 e. The third-order valence-electron chi connectivity index (χ3n) is 1.16. The maximum Gasteiger partial charge on any atom is 0.236 e. The Kier molecular flexibility index (Phi) is 4.67. The summed E-state index contributed by atoms with van der Waals surface area (Å²) < 4.78 is 0. The van der Waals surface area contributed by atoms with Crippen molar-refractivity contribution in [1.82, 2.24) is 5.32 Å². The summed E-state index contributed by atoms with van der Waals surface area (Å²) >= 11 is 0. The molecule has 0 atom stereocenters. The van der Waals surface area contributed by atoms with E-state index in [1.165, 1.54) is 6.92 Å². The smallest absolute Gasteiger partial charge is 0.236 e. The molecular weight excluding hydrogens is 160 g/mol. The van der Waals surface area contributed by atoms with Gasteiger partial charge in [-0.1, -0.05) is 0 Å². The highest BCUT2D eigenvalue weighted by atomic mass is 16.2. The first-order chi connectivity index (χ1) is 5.52. The zero-order valence-corrected chi connectivity index (χ0v) is 6.92. The number of carbonyl (C=O) groups is 3. The van der Waals surface area contributed by atoms with Crippen LogP contribution in [0.1, 0.15) is 19.8 Å². The molecule has 0 aromatic heterocycles. The normalized spacial score (nSPS) is 9.08. The second-order valence-electron chi connectivity index (χ2n) is 2.45.